The van der Waals surface area contributed by atoms with Gasteiger partial charge < -0.3 is 5.11 Å². The summed E-state index contributed by atoms with van der Waals surface area (Å²) in [5, 5.41) is 8.89. The molecule has 1 saturated carbocycles. The van der Waals surface area contributed by atoms with Gasteiger partial charge in [-0.15, -0.1) is 0 Å². The Labute approximate surface area is 113 Å². The summed E-state index contributed by atoms with van der Waals surface area (Å²) in [6.45, 7) is 8.31. The van der Waals surface area contributed by atoms with Gasteiger partial charge in [-0.25, -0.2) is 0 Å². The van der Waals surface area contributed by atoms with Crippen LogP contribution in [0.1, 0.15) is 48.7 Å². The first-order chi connectivity index (χ1) is 8.71. The van der Waals surface area contributed by atoms with E-state index >= 15 is 0 Å². The second-order valence-corrected chi connectivity index (χ2v) is 6.43. The second-order valence-electron chi connectivity index (χ2n) is 6.43. The molecule has 19 heavy (non-hydrogen) atoms. The van der Waals surface area contributed by atoms with Gasteiger partial charge in [0, 0.05) is 11.5 Å². The standard InChI is InChI=1S/C16H20O3/c1-9-7-10(16(2,3)4)5-6-11(9)14(17)12-8-13(12)15(18)19/h5-7,12-13H,8H2,1-4H3,(H,18,19). The fraction of sp³-hybridized carbons (Fsp3) is 0.500. The van der Waals surface area contributed by atoms with Gasteiger partial charge in [0.2, 0.25) is 0 Å². The highest BCUT2D eigenvalue weighted by Gasteiger charge is 2.48. The SMILES string of the molecule is Cc1cc(C(C)(C)C)ccc1C(=O)C1CC1C(=O)O. The van der Waals surface area contributed by atoms with E-state index in [0.29, 0.717) is 12.0 Å². The lowest BCUT2D eigenvalue weighted by Crippen LogP contribution is -2.14. The number of aliphatic carboxylic acids is 1. The van der Waals surface area contributed by atoms with Crippen molar-refractivity contribution in [3.63, 3.8) is 0 Å². The van der Waals surface area contributed by atoms with Crippen molar-refractivity contribution >= 4 is 11.8 Å². The van der Waals surface area contributed by atoms with Crippen LogP contribution < -0.4 is 0 Å². The predicted octanol–water partition coefficient (Wildman–Crippen LogP) is 3.20. The van der Waals surface area contributed by atoms with E-state index in [0.717, 1.165) is 5.56 Å². The van der Waals surface area contributed by atoms with Crippen LogP contribution in [-0.2, 0) is 10.2 Å². The Morgan fingerprint density at radius 2 is 1.84 bits per heavy atom. The van der Waals surface area contributed by atoms with E-state index in [2.05, 4.69) is 20.8 Å². The molecule has 1 fully saturated rings. The molecule has 1 aromatic rings. The van der Waals surface area contributed by atoms with Gasteiger partial charge in [0.05, 0.1) is 5.92 Å². The molecule has 0 heterocycles. The average Bonchev–Trinajstić information content (AvgIpc) is 3.06. The number of aryl methyl sites for hydroxylation is 1. The minimum atomic E-state index is -0.859. The summed E-state index contributed by atoms with van der Waals surface area (Å²) in [6.07, 6.45) is 0.481. The number of carboxylic acids is 1. The maximum Gasteiger partial charge on any atom is 0.307 e. The molecule has 0 bridgehead atoms. The van der Waals surface area contributed by atoms with Crippen LogP contribution in [0.15, 0.2) is 18.2 Å². The Bertz CT molecular complexity index is 537. The van der Waals surface area contributed by atoms with Gasteiger partial charge in [-0.05, 0) is 29.9 Å². The molecule has 2 rings (SSSR count). The zero-order valence-corrected chi connectivity index (χ0v) is 11.9. The molecule has 0 aromatic heterocycles. The van der Waals surface area contributed by atoms with Gasteiger partial charge in [0.1, 0.15) is 0 Å². The van der Waals surface area contributed by atoms with Crippen LogP contribution in [-0.4, -0.2) is 16.9 Å². The van der Waals surface area contributed by atoms with Gasteiger partial charge in [-0.1, -0.05) is 39.0 Å². The van der Waals surface area contributed by atoms with Crippen LogP contribution >= 0.6 is 0 Å². The highest BCUT2D eigenvalue weighted by Crippen LogP contribution is 2.41. The minimum absolute atomic E-state index is 0.0228. The number of carboxylic acid groups (broad SMARTS) is 1. The van der Waals surface area contributed by atoms with Crippen LogP contribution in [0.5, 0.6) is 0 Å². The summed E-state index contributed by atoms with van der Waals surface area (Å²) in [5.41, 5.74) is 2.84. The Hall–Kier alpha value is -1.64. The van der Waals surface area contributed by atoms with E-state index in [1.54, 1.807) is 0 Å². The van der Waals surface area contributed by atoms with Gasteiger partial charge >= 0.3 is 5.97 Å². The fourth-order valence-corrected chi connectivity index (χ4v) is 2.36. The summed E-state index contributed by atoms with van der Waals surface area (Å²) >= 11 is 0. The first-order valence-electron chi connectivity index (χ1n) is 6.60. The first-order valence-corrected chi connectivity index (χ1v) is 6.60. The largest absolute Gasteiger partial charge is 0.481 e. The highest BCUT2D eigenvalue weighted by atomic mass is 16.4. The van der Waals surface area contributed by atoms with Crippen molar-refractivity contribution in [2.24, 2.45) is 11.8 Å². The zero-order valence-electron chi connectivity index (χ0n) is 11.9. The second kappa shape index (κ2) is 4.48. The van der Waals surface area contributed by atoms with Crippen LogP contribution in [0.2, 0.25) is 0 Å². The van der Waals surface area contributed by atoms with E-state index in [-0.39, 0.29) is 17.1 Å². The van der Waals surface area contributed by atoms with E-state index in [9.17, 15) is 9.59 Å². The van der Waals surface area contributed by atoms with Gasteiger partial charge in [0.25, 0.3) is 0 Å². The number of Topliss-reactive ketones (excluding diaryl/α,β-unsaturated/α-hetero) is 1. The molecule has 1 aliphatic carbocycles. The Morgan fingerprint density at radius 3 is 2.26 bits per heavy atom. The molecule has 1 N–H and O–H groups in total. The van der Waals surface area contributed by atoms with E-state index in [4.69, 9.17) is 5.11 Å². The monoisotopic (exact) mass is 260 g/mol. The van der Waals surface area contributed by atoms with Crippen LogP contribution in [0.3, 0.4) is 0 Å². The van der Waals surface area contributed by atoms with Crippen molar-refractivity contribution in [3.05, 3.63) is 34.9 Å². The van der Waals surface area contributed by atoms with Crippen LogP contribution in [0, 0.1) is 18.8 Å². The molecule has 0 saturated heterocycles. The molecule has 2 atom stereocenters. The number of hydrogen-bond donors (Lipinski definition) is 1. The third-order valence-corrected chi connectivity index (χ3v) is 3.80. The molecule has 2 unspecified atom stereocenters. The van der Waals surface area contributed by atoms with Crippen molar-refractivity contribution in [3.8, 4) is 0 Å². The maximum absolute atomic E-state index is 12.2. The molecule has 1 aliphatic rings. The molecule has 0 spiro atoms. The summed E-state index contributed by atoms with van der Waals surface area (Å²) in [7, 11) is 0. The number of carbonyl (C=O) groups is 2. The molecule has 0 radical (unpaired) electrons. The smallest absolute Gasteiger partial charge is 0.307 e. The molecular formula is C16H20O3. The zero-order chi connectivity index (χ0) is 14.4. The van der Waals surface area contributed by atoms with Gasteiger partial charge in [-0.3, -0.25) is 9.59 Å². The Morgan fingerprint density at radius 1 is 1.21 bits per heavy atom. The average molecular weight is 260 g/mol. The topological polar surface area (TPSA) is 54.4 Å². The minimum Gasteiger partial charge on any atom is -0.481 e. The van der Waals surface area contributed by atoms with Gasteiger partial charge in [0.15, 0.2) is 5.78 Å². The fourth-order valence-electron chi connectivity index (χ4n) is 2.36. The quantitative estimate of drug-likeness (QED) is 0.849. The molecule has 102 valence electrons. The first kappa shape index (κ1) is 13.8. The molecule has 3 nitrogen and oxygen atoms in total. The molecule has 3 heteroatoms. The van der Waals surface area contributed by atoms with Crippen molar-refractivity contribution in [2.75, 3.05) is 0 Å². The Balaban J connectivity index is 2.23. The summed E-state index contributed by atoms with van der Waals surface area (Å²) in [5.74, 6) is -1.68. The molecule has 0 amide bonds. The van der Waals surface area contributed by atoms with Crippen molar-refractivity contribution < 1.29 is 14.7 Å². The lowest BCUT2D eigenvalue weighted by molar-refractivity contribution is -0.138. The normalized spacial score (nSPS) is 22.1. The summed E-state index contributed by atoms with van der Waals surface area (Å²) in [6, 6.07) is 5.85. The summed E-state index contributed by atoms with van der Waals surface area (Å²) in [4.78, 5) is 23.1. The number of ketones is 1. The summed E-state index contributed by atoms with van der Waals surface area (Å²) < 4.78 is 0. The van der Waals surface area contributed by atoms with Crippen LogP contribution in [0.4, 0.5) is 0 Å². The third kappa shape index (κ3) is 2.70. The van der Waals surface area contributed by atoms with Crippen LogP contribution in [0.25, 0.3) is 0 Å². The molecule has 1 aromatic carbocycles. The lowest BCUT2D eigenvalue weighted by atomic mass is 9.84. The highest BCUT2D eigenvalue weighted by molar-refractivity contribution is 6.03. The molecular weight excluding hydrogens is 240 g/mol. The Kier molecular flexibility index (Phi) is 3.25. The lowest BCUT2D eigenvalue weighted by Gasteiger charge is -2.20. The van der Waals surface area contributed by atoms with E-state index in [1.807, 2.05) is 25.1 Å². The number of hydrogen-bond acceptors (Lipinski definition) is 2. The number of rotatable bonds is 3. The number of carbonyl (C=O) groups excluding carboxylic acids is 1. The van der Waals surface area contributed by atoms with Crippen molar-refractivity contribution in [1.29, 1.82) is 0 Å². The van der Waals surface area contributed by atoms with Crippen molar-refractivity contribution in [1.82, 2.24) is 0 Å². The van der Waals surface area contributed by atoms with Gasteiger partial charge in [-0.2, -0.15) is 0 Å². The maximum atomic E-state index is 12.2. The van der Waals surface area contributed by atoms with E-state index in [1.165, 1.54) is 5.56 Å². The molecule has 0 aliphatic heterocycles. The van der Waals surface area contributed by atoms with E-state index < -0.39 is 11.9 Å². The third-order valence-electron chi connectivity index (χ3n) is 3.80. The predicted molar refractivity (Wildman–Crippen MR) is 73.4 cm³/mol. The number of benzene rings is 1. The van der Waals surface area contributed by atoms with Crippen molar-refractivity contribution in [2.45, 2.75) is 39.5 Å².